The summed E-state index contributed by atoms with van der Waals surface area (Å²) in [6.07, 6.45) is 2.24. The lowest BCUT2D eigenvalue weighted by atomic mass is 9.95. The Kier molecular flexibility index (Phi) is 5.16. The number of hydroxylamine groups is 1. The molecule has 2 N–H and O–H groups in total. The highest BCUT2D eigenvalue weighted by Crippen LogP contribution is 2.30. The lowest BCUT2D eigenvalue weighted by Crippen LogP contribution is -2.35. The highest BCUT2D eigenvalue weighted by atomic mass is 16.6. The fraction of sp³-hybridized carbons (Fsp3) is 0.250. The van der Waals surface area contributed by atoms with E-state index in [9.17, 15) is 9.90 Å². The molecule has 0 radical (unpaired) electrons. The second kappa shape index (κ2) is 7.51. The van der Waals surface area contributed by atoms with Crippen LogP contribution in [-0.2, 0) is 4.84 Å². The average molecular weight is 338 g/mol. The number of hydrogen-bond acceptors (Lipinski definition) is 4. The lowest BCUT2D eigenvalue weighted by molar-refractivity contribution is 0.0731. The number of aliphatic hydroxyl groups is 1. The van der Waals surface area contributed by atoms with Crippen LogP contribution in [0.15, 0.2) is 60.4 Å². The molecular weight excluding hydrogens is 316 g/mol. The van der Waals surface area contributed by atoms with E-state index in [2.05, 4.69) is 5.48 Å². The molecule has 5 heteroatoms. The van der Waals surface area contributed by atoms with Gasteiger partial charge in [-0.25, -0.2) is 0 Å². The summed E-state index contributed by atoms with van der Waals surface area (Å²) in [5.74, 6) is -0.134. The van der Waals surface area contributed by atoms with Crippen molar-refractivity contribution in [2.45, 2.75) is 19.4 Å². The lowest BCUT2D eigenvalue weighted by Gasteiger charge is -2.23. The maximum Gasteiger partial charge on any atom is 0.258 e. The molecule has 2 aromatic rings. The summed E-state index contributed by atoms with van der Waals surface area (Å²) in [7, 11) is 1.52. The Labute approximate surface area is 147 Å². The van der Waals surface area contributed by atoms with E-state index in [4.69, 9.17) is 4.84 Å². The van der Waals surface area contributed by atoms with E-state index in [0.717, 1.165) is 22.4 Å². The van der Waals surface area contributed by atoms with Gasteiger partial charge in [0.25, 0.3) is 5.91 Å². The molecule has 1 aliphatic heterocycles. The quantitative estimate of drug-likeness (QED) is 0.823. The number of nitrogens with one attached hydrogen (secondary N) is 1. The van der Waals surface area contributed by atoms with Crippen molar-refractivity contribution in [3.63, 3.8) is 0 Å². The number of nitrogens with zero attached hydrogens (tertiary/aromatic N) is 1. The Morgan fingerprint density at radius 2 is 1.88 bits per heavy atom. The van der Waals surface area contributed by atoms with Gasteiger partial charge in [0.05, 0.1) is 25.5 Å². The van der Waals surface area contributed by atoms with Crippen LogP contribution >= 0.6 is 0 Å². The molecule has 1 heterocycles. The maximum absolute atomic E-state index is 13.2. The van der Waals surface area contributed by atoms with Crippen molar-refractivity contribution in [2.75, 3.05) is 13.7 Å². The van der Waals surface area contributed by atoms with Crippen LogP contribution in [0.2, 0.25) is 0 Å². The summed E-state index contributed by atoms with van der Waals surface area (Å²) >= 11 is 0. The molecule has 0 spiro atoms. The average Bonchev–Trinajstić information content (AvgIpc) is 3.05. The third-order valence-electron chi connectivity index (χ3n) is 4.41. The standard InChI is InChI=1S/C20H22N2O3/c1-14-7-3-4-8-17(14)18-9-5-6-10-19(18)20(24)22-12-15(21-25-2)11-16(22)13-23/h3-10,12,16,21,23H,11,13H2,1-2H3. The molecule has 25 heavy (non-hydrogen) atoms. The Hall–Kier alpha value is -2.63. The van der Waals surface area contributed by atoms with Gasteiger partial charge in [0.15, 0.2) is 0 Å². The van der Waals surface area contributed by atoms with Crippen LogP contribution in [0.5, 0.6) is 0 Å². The molecule has 5 nitrogen and oxygen atoms in total. The zero-order valence-electron chi connectivity index (χ0n) is 14.4. The first-order valence-electron chi connectivity index (χ1n) is 8.24. The van der Waals surface area contributed by atoms with Gasteiger partial charge in [0.2, 0.25) is 0 Å². The fourth-order valence-corrected chi connectivity index (χ4v) is 3.17. The van der Waals surface area contributed by atoms with Gasteiger partial charge in [0.1, 0.15) is 0 Å². The Morgan fingerprint density at radius 1 is 1.20 bits per heavy atom. The van der Waals surface area contributed by atoms with Crippen LogP contribution in [0.1, 0.15) is 22.3 Å². The topological polar surface area (TPSA) is 61.8 Å². The zero-order chi connectivity index (χ0) is 17.8. The van der Waals surface area contributed by atoms with E-state index < -0.39 is 0 Å². The highest BCUT2D eigenvalue weighted by Gasteiger charge is 2.30. The smallest absolute Gasteiger partial charge is 0.258 e. The van der Waals surface area contributed by atoms with Crippen molar-refractivity contribution in [1.29, 1.82) is 0 Å². The SMILES string of the molecule is CONC1=CN(C(=O)c2ccccc2-c2ccccc2C)C(CO)C1. The van der Waals surface area contributed by atoms with Crippen LogP contribution in [0.4, 0.5) is 0 Å². The van der Waals surface area contributed by atoms with E-state index in [1.807, 2.05) is 55.5 Å². The minimum Gasteiger partial charge on any atom is -0.394 e. The molecule has 0 saturated carbocycles. The predicted molar refractivity (Wildman–Crippen MR) is 96.5 cm³/mol. The normalized spacial score (nSPS) is 16.7. The highest BCUT2D eigenvalue weighted by molar-refractivity contribution is 6.02. The second-order valence-electron chi connectivity index (χ2n) is 6.07. The molecule has 1 unspecified atom stereocenters. The molecule has 1 amide bonds. The van der Waals surface area contributed by atoms with Crippen molar-refractivity contribution in [2.24, 2.45) is 0 Å². The van der Waals surface area contributed by atoms with Crippen LogP contribution < -0.4 is 5.48 Å². The molecule has 3 rings (SSSR count). The maximum atomic E-state index is 13.2. The number of aryl methyl sites for hydroxylation is 1. The van der Waals surface area contributed by atoms with Crippen LogP contribution in [0.3, 0.4) is 0 Å². The number of benzene rings is 2. The van der Waals surface area contributed by atoms with Crippen molar-refractivity contribution in [3.8, 4) is 11.1 Å². The monoisotopic (exact) mass is 338 g/mol. The van der Waals surface area contributed by atoms with Gasteiger partial charge in [-0.15, -0.1) is 0 Å². The number of carbonyl (C=O) groups excluding carboxylic acids is 1. The van der Waals surface area contributed by atoms with E-state index >= 15 is 0 Å². The second-order valence-corrected chi connectivity index (χ2v) is 6.07. The van der Waals surface area contributed by atoms with E-state index in [1.54, 1.807) is 11.1 Å². The minimum atomic E-state index is -0.296. The summed E-state index contributed by atoms with van der Waals surface area (Å²) in [6, 6.07) is 15.3. The molecule has 0 saturated heterocycles. The molecule has 130 valence electrons. The molecule has 1 atom stereocenters. The van der Waals surface area contributed by atoms with E-state index in [-0.39, 0.29) is 18.6 Å². The Morgan fingerprint density at radius 3 is 2.56 bits per heavy atom. The van der Waals surface area contributed by atoms with Crippen LogP contribution in [0.25, 0.3) is 11.1 Å². The zero-order valence-corrected chi connectivity index (χ0v) is 14.4. The van der Waals surface area contributed by atoms with Gasteiger partial charge in [-0.2, -0.15) is 0 Å². The van der Waals surface area contributed by atoms with Crippen molar-refractivity contribution >= 4 is 5.91 Å². The molecule has 0 fully saturated rings. The molecule has 1 aliphatic rings. The van der Waals surface area contributed by atoms with Gasteiger partial charge >= 0.3 is 0 Å². The molecule has 0 aliphatic carbocycles. The minimum absolute atomic E-state index is 0.107. The largest absolute Gasteiger partial charge is 0.394 e. The number of rotatable bonds is 5. The van der Waals surface area contributed by atoms with Gasteiger partial charge in [-0.3, -0.25) is 15.1 Å². The number of amides is 1. The molecule has 2 aromatic carbocycles. The first-order valence-corrected chi connectivity index (χ1v) is 8.24. The fourth-order valence-electron chi connectivity index (χ4n) is 3.17. The van der Waals surface area contributed by atoms with Gasteiger partial charge in [-0.1, -0.05) is 42.5 Å². The first-order chi connectivity index (χ1) is 12.2. The molecular formula is C20H22N2O3. The van der Waals surface area contributed by atoms with Gasteiger partial charge in [-0.05, 0) is 29.7 Å². The van der Waals surface area contributed by atoms with Crippen molar-refractivity contribution < 1.29 is 14.7 Å². The van der Waals surface area contributed by atoms with E-state index in [0.29, 0.717) is 12.0 Å². The third-order valence-corrected chi connectivity index (χ3v) is 4.41. The van der Waals surface area contributed by atoms with Gasteiger partial charge in [0, 0.05) is 18.2 Å². The number of hydrogen-bond donors (Lipinski definition) is 2. The summed E-state index contributed by atoms with van der Waals surface area (Å²) in [4.78, 5) is 19.7. The Bertz CT molecular complexity index is 801. The summed E-state index contributed by atoms with van der Waals surface area (Å²) in [5.41, 5.74) is 7.18. The summed E-state index contributed by atoms with van der Waals surface area (Å²) < 4.78 is 0. The first kappa shape index (κ1) is 17.2. The van der Waals surface area contributed by atoms with Crippen molar-refractivity contribution in [3.05, 3.63) is 71.6 Å². The third kappa shape index (κ3) is 3.43. The predicted octanol–water partition coefficient (Wildman–Crippen LogP) is 2.86. The molecule has 0 aromatic heterocycles. The van der Waals surface area contributed by atoms with Crippen LogP contribution in [0, 0.1) is 6.92 Å². The summed E-state index contributed by atoms with van der Waals surface area (Å²) in [5, 5.41) is 9.65. The van der Waals surface area contributed by atoms with Crippen molar-refractivity contribution in [1.82, 2.24) is 10.4 Å². The molecule has 0 bridgehead atoms. The van der Waals surface area contributed by atoms with Gasteiger partial charge < -0.3 is 10.0 Å². The Balaban J connectivity index is 2.00. The number of aliphatic hydroxyl groups excluding tert-OH is 1. The van der Waals surface area contributed by atoms with E-state index in [1.165, 1.54) is 7.11 Å². The summed E-state index contributed by atoms with van der Waals surface area (Å²) in [6.45, 7) is 1.92. The van der Waals surface area contributed by atoms with Crippen LogP contribution in [-0.4, -0.2) is 35.7 Å². The number of carbonyl (C=O) groups is 1.